The minimum absolute atomic E-state index is 0.0791. The predicted octanol–water partition coefficient (Wildman–Crippen LogP) is 1.73. The van der Waals surface area contributed by atoms with Gasteiger partial charge in [0.15, 0.2) is 6.04 Å². The summed E-state index contributed by atoms with van der Waals surface area (Å²) in [5.41, 5.74) is 2.00. The van der Waals surface area contributed by atoms with Crippen molar-refractivity contribution in [3.05, 3.63) is 71.8 Å². The summed E-state index contributed by atoms with van der Waals surface area (Å²) in [5.74, 6) is 0.510. The molecule has 2 aromatic carbocycles. The number of rotatable bonds is 7. The molecule has 1 aliphatic rings. The molecule has 5 heteroatoms. The summed E-state index contributed by atoms with van der Waals surface area (Å²) >= 11 is 0. The molecule has 0 aromatic heterocycles. The maximum Gasteiger partial charge on any atom is 0.278 e. The Morgan fingerprint density at radius 2 is 1.59 bits per heavy atom. The van der Waals surface area contributed by atoms with Gasteiger partial charge in [0.05, 0.1) is 26.2 Å². The van der Waals surface area contributed by atoms with E-state index in [2.05, 4.69) is 24.4 Å². The first-order valence-electron chi connectivity index (χ1n) is 10.6. The van der Waals surface area contributed by atoms with Crippen molar-refractivity contribution in [2.45, 2.75) is 32.2 Å². The summed E-state index contributed by atoms with van der Waals surface area (Å²) < 4.78 is 0. The Bertz CT molecular complexity index is 786. The summed E-state index contributed by atoms with van der Waals surface area (Å²) in [4.78, 5) is 28.4. The first-order chi connectivity index (χ1) is 14.1. The maximum absolute atomic E-state index is 12.7. The molecule has 2 amide bonds. The minimum Gasteiger partial charge on any atom is -0.350 e. The van der Waals surface area contributed by atoms with Crippen molar-refractivity contribution in [3.8, 4) is 0 Å². The molecule has 0 bridgehead atoms. The lowest BCUT2D eigenvalue weighted by Crippen LogP contribution is -3.19. The van der Waals surface area contributed by atoms with Gasteiger partial charge in [0.2, 0.25) is 0 Å². The maximum atomic E-state index is 12.7. The lowest BCUT2D eigenvalue weighted by atomic mass is 9.96. The molecule has 1 heterocycles. The number of hydrogen-bond donors (Lipinski definition) is 2. The number of piperazine rings is 1. The molecule has 29 heavy (non-hydrogen) atoms. The molecule has 3 rings (SSSR count). The standard InChI is InChI=1S/C24H31N3O2/c1-3-20(21-10-6-4-7-11-21)18-25-23(28)19(2)26-14-16-27(17-15-26)24(29)22-12-8-5-9-13-22/h4-13,19-20H,3,14-18H2,1-2H3,(H,25,28)/p+1/t19-,20+/m0/s1. The Kier molecular flexibility index (Phi) is 7.42. The van der Waals surface area contributed by atoms with Gasteiger partial charge in [0.25, 0.3) is 11.8 Å². The highest BCUT2D eigenvalue weighted by Crippen LogP contribution is 2.17. The zero-order chi connectivity index (χ0) is 20.6. The second-order valence-corrected chi connectivity index (χ2v) is 7.80. The topological polar surface area (TPSA) is 53.9 Å². The number of nitrogens with one attached hydrogen (secondary N) is 2. The van der Waals surface area contributed by atoms with E-state index in [9.17, 15) is 9.59 Å². The van der Waals surface area contributed by atoms with Crippen molar-refractivity contribution >= 4 is 11.8 Å². The largest absolute Gasteiger partial charge is 0.350 e. The molecule has 2 N–H and O–H groups in total. The van der Waals surface area contributed by atoms with Crippen LogP contribution in [0.25, 0.3) is 0 Å². The molecule has 1 aliphatic heterocycles. The molecule has 5 nitrogen and oxygen atoms in total. The highest BCUT2D eigenvalue weighted by molar-refractivity contribution is 5.94. The van der Waals surface area contributed by atoms with Gasteiger partial charge in [-0.1, -0.05) is 55.5 Å². The van der Waals surface area contributed by atoms with E-state index < -0.39 is 0 Å². The van der Waals surface area contributed by atoms with E-state index in [1.807, 2.05) is 60.4 Å². The minimum atomic E-state index is -0.114. The number of amides is 2. The van der Waals surface area contributed by atoms with Crippen molar-refractivity contribution < 1.29 is 14.5 Å². The quantitative estimate of drug-likeness (QED) is 0.751. The van der Waals surface area contributed by atoms with E-state index in [0.717, 1.165) is 25.1 Å². The first-order valence-corrected chi connectivity index (χ1v) is 10.6. The van der Waals surface area contributed by atoms with Gasteiger partial charge in [0, 0.05) is 18.0 Å². The van der Waals surface area contributed by atoms with Crippen molar-refractivity contribution in [3.63, 3.8) is 0 Å². The van der Waals surface area contributed by atoms with Crippen LogP contribution in [0.3, 0.4) is 0 Å². The van der Waals surface area contributed by atoms with Gasteiger partial charge in [-0.25, -0.2) is 0 Å². The lowest BCUT2D eigenvalue weighted by molar-refractivity contribution is -0.917. The average Bonchev–Trinajstić information content (AvgIpc) is 2.79. The monoisotopic (exact) mass is 394 g/mol. The van der Waals surface area contributed by atoms with E-state index in [4.69, 9.17) is 0 Å². The van der Waals surface area contributed by atoms with Gasteiger partial charge in [-0.3, -0.25) is 9.59 Å². The Morgan fingerprint density at radius 1 is 1.00 bits per heavy atom. The van der Waals surface area contributed by atoms with Crippen LogP contribution in [-0.4, -0.2) is 55.5 Å². The summed E-state index contributed by atoms with van der Waals surface area (Å²) in [6.45, 7) is 7.76. The smallest absolute Gasteiger partial charge is 0.278 e. The van der Waals surface area contributed by atoms with E-state index in [0.29, 0.717) is 25.6 Å². The number of benzene rings is 2. The van der Waals surface area contributed by atoms with Crippen LogP contribution in [0.4, 0.5) is 0 Å². The lowest BCUT2D eigenvalue weighted by Gasteiger charge is -2.35. The molecule has 2 aromatic rings. The van der Waals surface area contributed by atoms with Crippen molar-refractivity contribution in [2.24, 2.45) is 0 Å². The Hall–Kier alpha value is -2.66. The van der Waals surface area contributed by atoms with Crippen LogP contribution in [0.1, 0.15) is 42.1 Å². The van der Waals surface area contributed by atoms with Gasteiger partial charge >= 0.3 is 0 Å². The summed E-state index contributed by atoms with van der Waals surface area (Å²) in [7, 11) is 0. The van der Waals surface area contributed by atoms with Crippen LogP contribution >= 0.6 is 0 Å². The molecule has 0 unspecified atom stereocenters. The van der Waals surface area contributed by atoms with E-state index in [1.54, 1.807) is 0 Å². The second kappa shape index (κ2) is 10.2. The molecular weight excluding hydrogens is 362 g/mol. The fourth-order valence-electron chi connectivity index (χ4n) is 3.98. The molecule has 0 radical (unpaired) electrons. The summed E-state index contributed by atoms with van der Waals surface area (Å²) in [5, 5.41) is 3.15. The SMILES string of the molecule is CC[C@H](CNC(=O)[C@H](C)[NH+]1CCN(C(=O)c2ccccc2)CC1)c1ccccc1. The average molecular weight is 395 g/mol. The fourth-order valence-corrected chi connectivity index (χ4v) is 3.98. The first kappa shape index (κ1) is 21.1. The van der Waals surface area contributed by atoms with Gasteiger partial charge in [-0.15, -0.1) is 0 Å². The number of carbonyl (C=O) groups is 2. The summed E-state index contributed by atoms with van der Waals surface area (Å²) in [6, 6.07) is 19.6. The van der Waals surface area contributed by atoms with Crippen molar-refractivity contribution in [2.75, 3.05) is 32.7 Å². The van der Waals surface area contributed by atoms with Crippen LogP contribution in [0, 0.1) is 0 Å². The molecule has 1 saturated heterocycles. The van der Waals surface area contributed by atoms with Crippen LogP contribution in [-0.2, 0) is 4.79 Å². The third-order valence-corrected chi connectivity index (χ3v) is 6.01. The van der Waals surface area contributed by atoms with Crippen LogP contribution < -0.4 is 10.2 Å². The normalized spacial score (nSPS) is 16.8. The fraction of sp³-hybridized carbons (Fsp3) is 0.417. The molecule has 154 valence electrons. The Morgan fingerprint density at radius 3 is 2.17 bits per heavy atom. The van der Waals surface area contributed by atoms with Gasteiger partial charge in [-0.05, 0) is 31.0 Å². The zero-order valence-corrected chi connectivity index (χ0v) is 17.4. The zero-order valence-electron chi connectivity index (χ0n) is 17.4. The molecule has 2 atom stereocenters. The molecule has 0 saturated carbocycles. The number of carbonyl (C=O) groups excluding carboxylic acids is 2. The summed E-state index contributed by atoms with van der Waals surface area (Å²) in [6.07, 6.45) is 0.992. The third-order valence-electron chi connectivity index (χ3n) is 6.01. The third kappa shape index (κ3) is 5.45. The Labute approximate surface area is 173 Å². The Balaban J connectivity index is 1.48. The van der Waals surface area contributed by atoms with Crippen LogP contribution in [0.15, 0.2) is 60.7 Å². The number of quaternary nitrogens is 1. The highest BCUT2D eigenvalue weighted by Gasteiger charge is 2.31. The molecule has 0 spiro atoms. The second-order valence-electron chi connectivity index (χ2n) is 7.80. The van der Waals surface area contributed by atoms with Crippen molar-refractivity contribution in [1.29, 1.82) is 0 Å². The van der Waals surface area contributed by atoms with Gasteiger partial charge < -0.3 is 15.1 Å². The van der Waals surface area contributed by atoms with E-state index in [1.165, 1.54) is 10.5 Å². The number of hydrogen-bond acceptors (Lipinski definition) is 2. The molecular formula is C24H32N3O2+. The predicted molar refractivity (Wildman–Crippen MR) is 115 cm³/mol. The molecule has 1 fully saturated rings. The highest BCUT2D eigenvalue weighted by atomic mass is 16.2. The number of nitrogens with zero attached hydrogens (tertiary/aromatic N) is 1. The van der Waals surface area contributed by atoms with Gasteiger partial charge in [0.1, 0.15) is 0 Å². The van der Waals surface area contributed by atoms with E-state index >= 15 is 0 Å². The van der Waals surface area contributed by atoms with Gasteiger partial charge in [-0.2, -0.15) is 0 Å². The molecule has 0 aliphatic carbocycles. The van der Waals surface area contributed by atoms with Crippen LogP contribution in [0.5, 0.6) is 0 Å². The van der Waals surface area contributed by atoms with Crippen LogP contribution in [0.2, 0.25) is 0 Å². The van der Waals surface area contributed by atoms with E-state index in [-0.39, 0.29) is 17.9 Å². The van der Waals surface area contributed by atoms with Crippen molar-refractivity contribution in [1.82, 2.24) is 10.2 Å².